The molecule has 3 nitrogen and oxygen atoms in total. The second kappa shape index (κ2) is 7.60. The highest BCUT2D eigenvalue weighted by Crippen LogP contribution is 2.35. The SMILES string of the molecule is CC(=O)N1C(C)SCC1C(C)CCC1NC(C(C)C)CS1. The molecule has 2 heterocycles. The molecule has 2 aliphatic rings. The van der Waals surface area contributed by atoms with E-state index >= 15 is 0 Å². The van der Waals surface area contributed by atoms with Gasteiger partial charge in [0, 0.05) is 30.5 Å². The first-order valence-electron chi connectivity index (χ1n) is 8.18. The molecule has 5 unspecified atom stereocenters. The molecule has 0 aromatic carbocycles. The monoisotopic (exact) mass is 330 g/mol. The number of nitrogens with one attached hydrogen (secondary N) is 1. The third-order valence-electron chi connectivity index (χ3n) is 4.84. The smallest absolute Gasteiger partial charge is 0.220 e. The van der Waals surface area contributed by atoms with Gasteiger partial charge in [0.05, 0.1) is 10.7 Å². The largest absolute Gasteiger partial charge is 0.327 e. The van der Waals surface area contributed by atoms with Gasteiger partial charge in [-0.25, -0.2) is 0 Å². The van der Waals surface area contributed by atoms with Gasteiger partial charge in [-0.2, -0.15) is 0 Å². The Bertz CT molecular complexity index is 364. The Labute approximate surface area is 138 Å². The number of carbonyl (C=O) groups is 1. The maximum atomic E-state index is 11.8. The van der Waals surface area contributed by atoms with Crippen molar-refractivity contribution in [2.75, 3.05) is 11.5 Å². The summed E-state index contributed by atoms with van der Waals surface area (Å²) in [4.78, 5) is 13.9. The lowest BCUT2D eigenvalue weighted by atomic mass is 9.96. The molecule has 1 N–H and O–H groups in total. The van der Waals surface area contributed by atoms with E-state index in [4.69, 9.17) is 0 Å². The van der Waals surface area contributed by atoms with E-state index in [1.54, 1.807) is 6.92 Å². The molecule has 5 atom stereocenters. The number of nitrogens with zero attached hydrogens (tertiary/aromatic N) is 1. The summed E-state index contributed by atoms with van der Waals surface area (Å²) in [6, 6.07) is 1.10. The molecule has 5 heteroatoms. The van der Waals surface area contributed by atoms with Crippen LogP contribution >= 0.6 is 23.5 Å². The molecule has 1 amide bonds. The van der Waals surface area contributed by atoms with Crippen molar-refractivity contribution in [3.05, 3.63) is 0 Å². The second-order valence-electron chi connectivity index (χ2n) is 6.82. The molecule has 2 rings (SSSR count). The molecule has 2 aliphatic heterocycles. The van der Waals surface area contributed by atoms with E-state index < -0.39 is 0 Å². The molecule has 2 fully saturated rings. The maximum absolute atomic E-state index is 11.8. The lowest BCUT2D eigenvalue weighted by molar-refractivity contribution is -0.131. The Morgan fingerprint density at radius 2 is 2.00 bits per heavy atom. The number of amides is 1. The molecule has 2 saturated heterocycles. The van der Waals surface area contributed by atoms with Crippen LogP contribution in [0.1, 0.15) is 47.5 Å². The number of rotatable bonds is 5. The van der Waals surface area contributed by atoms with Crippen molar-refractivity contribution >= 4 is 29.4 Å². The minimum atomic E-state index is 0.234. The van der Waals surface area contributed by atoms with Gasteiger partial charge in [-0.15, -0.1) is 23.5 Å². The van der Waals surface area contributed by atoms with Crippen molar-refractivity contribution in [3.63, 3.8) is 0 Å². The van der Waals surface area contributed by atoms with E-state index in [-0.39, 0.29) is 5.91 Å². The van der Waals surface area contributed by atoms with E-state index in [1.165, 1.54) is 18.6 Å². The summed E-state index contributed by atoms with van der Waals surface area (Å²) < 4.78 is 0. The van der Waals surface area contributed by atoms with Crippen LogP contribution in [0.5, 0.6) is 0 Å². The average Bonchev–Trinajstić information content (AvgIpc) is 3.02. The summed E-state index contributed by atoms with van der Waals surface area (Å²) in [5.74, 6) is 3.89. The van der Waals surface area contributed by atoms with Crippen molar-refractivity contribution in [2.45, 2.75) is 70.3 Å². The highest BCUT2D eigenvalue weighted by molar-refractivity contribution is 8.00. The summed E-state index contributed by atoms with van der Waals surface area (Å²) in [6.07, 6.45) is 2.42. The standard InChI is InChI=1S/C16H30N2OS2/c1-10(2)14-8-21-16(17-14)7-6-11(3)15-9-20-13(5)18(15)12(4)19/h10-11,13-17H,6-9H2,1-5H3. The second-order valence-corrected chi connectivity index (χ2v) is 9.40. The van der Waals surface area contributed by atoms with Crippen molar-refractivity contribution in [3.8, 4) is 0 Å². The quantitative estimate of drug-likeness (QED) is 0.837. The maximum Gasteiger partial charge on any atom is 0.220 e. The predicted molar refractivity (Wildman–Crippen MR) is 94.6 cm³/mol. The van der Waals surface area contributed by atoms with Gasteiger partial charge in [-0.3, -0.25) is 4.79 Å². The number of hydrogen-bond donors (Lipinski definition) is 1. The molecule has 122 valence electrons. The van der Waals surface area contributed by atoms with Gasteiger partial charge in [0.15, 0.2) is 0 Å². The molecule has 0 aromatic heterocycles. The molecule has 0 spiro atoms. The third-order valence-corrected chi connectivity index (χ3v) is 7.41. The Hall–Kier alpha value is 0.130. The Morgan fingerprint density at radius 3 is 2.57 bits per heavy atom. The van der Waals surface area contributed by atoms with Crippen LogP contribution in [0.15, 0.2) is 0 Å². The van der Waals surface area contributed by atoms with Crippen molar-refractivity contribution in [1.82, 2.24) is 10.2 Å². The van der Waals surface area contributed by atoms with Crippen LogP contribution < -0.4 is 5.32 Å². The van der Waals surface area contributed by atoms with Crippen LogP contribution in [-0.2, 0) is 4.79 Å². The molecule has 0 radical (unpaired) electrons. The van der Waals surface area contributed by atoms with Crippen LogP contribution in [0.4, 0.5) is 0 Å². The summed E-state index contributed by atoms with van der Waals surface area (Å²) >= 11 is 3.99. The highest BCUT2D eigenvalue weighted by atomic mass is 32.2. The average molecular weight is 331 g/mol. The highest BCUT2D eigenvalue weighted by Gasteiger charge is 2.36. The number of hydrogen-bond acceptors (Lipinski definition) is 4. The van der Waals surface area contributed by atoms with Crippen LogP contribution in [0.2, 0.25) is 0 Å². The van der Waals surface area contributed by atoms with Gasteiger partial charge >= 0.3 is 0 Å². The van der Waals surface area contributed by atoms with Gasteiger partial charge in [-0.1, -0.05) is 20.8 Å². The third kappa shape index (κ3) is 4.32. The van der Waals surface area contributed by atoms with Gasteiger partial charge < -0.3 is 10.2 Å². The zero-order valence-corrected chi connectivity index (χ0v) is 15.6. The van der Waals surface area contributed by atoms with Crippen LogP contribution in [0.3, 0.4) is 0 Å². The molecule has 0 bridgehead atoms. The number of thioether (sulfide) groups is 2. The van der Waals surface area contributed by atoms with E-state index in [2.05, 4.69) is 49.7 Å². The summed E-state index contributed by atoms with van der Waals surface area (Å²) in [5.41, 5.74) is 0. The normalized spacial score (nSPS) is 34.7. The Morgan fingerprint density at radius 1 is 1.29 bits per heavy atom. The summed E-state index contributed by atoms with van der Waals surface area (Å²) in [7, 11) is 0. The van der Waals surface area contributed by atoms with Crippen molar-refractivity contribution < 1.29 is 4.79 Å². The molecular weight excluding hydrogens is 300 g/mol. The fraction of sp³-hybridized carbons (Fsp3) is 0.938. The minimum Gasteiger partial charge on any atom is -0.327 e. The summed E-state index contributed by atoms with van der Waals surface area (Å²) in [6.45, 7) is 10.8. The van der Waals surface area contributed by atoms with Crippen molar-refractivity contribution in [1.29, 1.82) is 0 Å². The van der Waals surface area contributed by atoms with E-state index in [0.717, 1.165) is 11.7 Å². The molecule has 0 saturated carbocycles. The predicted octanol–water partition coefficient (Wildman–Crippen LogP) is 3.40. The topological polar surface area (TPSA) is 32.3 Å². The first-order valence-corrected chi connectivity index (χ1v) is 10.3. The van der Waals surface area contributed by atoms with Crippen LogP contribution in [-0.4, -0.2) is 45.1 Å². The van der Waals surface area contributed by atoms with Crippen LogP contribution in [0.25, 0.3) is 0 Å². The zero-order chi connectivity index (χ0) is 15.6. The fourth-order valence-corrected chi connectivity index (χ4v) is 6.23. The first-order chi connectivity index (χ1) is 9.90. The van der Waals surface area contributed by atoms with Gasteiger partial charge in [0.25, 0.3) is 0 Å². The lowest BCUT2D eigenvalue weighted by Crippen LogP contribution is -2.42. The van der Waals surface area contributed by atoms with Gasteiger partial charge in [0.2, 0.25) is 5.91 Å². The molecule has 0 aliphatic carbocycles. The molecular formula is C16H30N2OS2. The fourth-order valence-electron chi connectivity index (χ4n) is 3.31. The number of carbonyl (C=O) groups excluding carboxylic acids is 1. The lowest BCUT2D eigenvalue weighted by Gasteiger charge is -2.31. The van der Waals surface area contributed by atoms with Gasteiger partial charge in [-0.05, 0) is 31.6 Å². The first kappa shape index (κ1) is 17.5. The Balaban J connectivity index is 1.80. The zero-order valence-electron chi connectivity index (χ0n) is 14.0. The van der Waals surface area contributed by atoms with Crippen molar-refractivity contribution in [2.24, 2.45) is 11.8 Å². The summed E-state index contributed by atoms with van der Waals surface area (Å²) in [5, 5.41) is 4.71. The van der Waals surface area contributed by atoms with E-state index in [9.17, 15) is 4.79 Å². The molecule has 0 aromatic rings. The van der Waals surface area contributed by atoms with E-state index in [0.29, 0.717) is 28.7 Å². The minimum absolute atomic E-state index is 0.234. The van der Waals surface area contributed by atoms with Gasteiger partial charge in [0.1, 0.15) is 0 Å². The molecule has 21 heavy (non-hydrogen) atoms. The Kier molecular flexibility index (Phi) is 6.33. The van der Waals surface area contributed by atoms with E-state index in [1.807, 2.05) is 11.8 Å². The van der Waals surface area contributed by atoms with Crippen LogP contribution in [0, 0.1) is 11.8 Å².